The van der Waals surface area contributed by atoms with E-state index in [0.29, 0.717) is 0 Å². The zero-order valence-electron chi connectivity index (χ0n) is 8.63. The summed E-state index contributed by atoms with van der Waals surface area (Å²) in [4.78, 5) is 19.8. The number of amides is 2. The van der Waals surface area contributed by atoms with Gasteiger partial charge in [0.2, 0.25) is 11.8 Å². The minimum absolute atomic E-state index is 0.0509. The zero-order valence-corrected chi connectivity index (χ0v) is 8.63. The van der Waals surface area contributed by atoms with Crippen molar-refractivity contribution in [2.24, 2.45) is 11.5 Å². The topological polar surface area (TPSA) is 86.2 Å². The molecule has 1 aliphatic carbocycles. The number of hydrogen-bond acceptors (Lipinski definition) is 2. The summed E-state index contributed by atoms with van der Waals surface area (Å²) in [5.74, 6) is -0.993. The predicted octanol–water partition coefficient (Wildman–Crippen LogP) is 1.08. The second-order valence-electron chi connectivity index (χ2n) is 3.55. The van der Waals surface area contributed by atoms with Gasteiger partial charge in [-0.15, -0.1) is 0 Å². The van der Waals surface area contributed by atoms with Crippen LogP contribution in [0.4, 0.5) is 0 Å². The molecule has 0 aromatic heterocycles. The maximum absolute atomic E-state index is 9.92. The summed E-state index contributed by atoms with van der Waals surface area (Å²) in [5.41, 5.74) is 9.39. The molecule has 4 N–H and O–H groups in total. The first-order chi connectivity index (χ1) is 6.63. The molecule has 1 fully saturated rings. The monoisotopic (exact) mass is 200 g/mol. The van der Waals surface area contributed by atoms with Gasteiger partial charge in [0, 0.05) is 12.8 Å². The van der Waals surface area contributed by atoms with Crippen molar-refractivity contribution in [1.29, 1.82) is 0 Å². The molecule has 1 rings (SSSR count). The Hall–Kier alpha value is -1.06. The first kappa shape index (κ1) is 12.9. The number of carbonyl (C=O) groups is 2. The predicted molar refractivity (Wildman–Crippen MR) is 55.3 cm³/mol. The molecule has 0 aromatic rings. The molecule has 0 unspecified atom stereocenters. The molecule has 0 spiro atoms. The molecule has 1 saturated carbocycles. The molecule has 0 aromatic carbocycles. The van der Waals surface area contributed by atoms with Crippen LogP contribution in [0.3, 0.4) is 0 Å². The van der Waals surface area contributed by atoms with Crippen molar-refractivity contribution in [2.45, 2.75) is 51.4 Å². The van der Waals surface area contributed by atoms with Crippen LogP contribution >= 0.6 is 0 Å². The van der Waals surface area contributed by atoms with E-state index in [1.807, 2.05) is 0 Å². The Morgan fingerprint density at radius 1 is 0.714 bits per heavy atom. The molecule has 82 valence electrons. The molecule has 0 heterocycles. The van der Waals surface area contributed by atoms with Gasteiger partial charge in [0.15, 0.2) is 0 Å². The summed E-state index contributed by atoms with van der Waals surface area (Å²) in [7, 11) is 0. The molecule has 0 bridgehead atoms. The SMILES string of the molecule is C1CCCCC1.NC(=O)CCC(N)=O. The summed E-state index contributed by atoms with van der Waals surface area (Å²) < 4.78 is 0. The van der Waals surface area contributed by atoms with Gasteiger partial charge in [-0.1, -0.05) is 38.5 Å². The highest BCUT2D eigenvalue weighted by molar-refractivity contribution is 5.81. The van der Waals surface area contributed by atoms with Crippen molar-refractivity contribution in [2.75, 3.05) is 0 Å². The fourth-order valence-electron chi connectivity index (χ4n) is 1.31. The lowest BCUT2D eigenvalue weighted by atomic mass is 10.0. The second-order valence-corrected chi connectivity index (χ2v) is 3.55. The molecular weight excluding hydrogens is 180 g/mol. The van der Waals surface area contributed by atoms with Gasteiger partial charge in [-0.05, 0) is 0 Å². The van der Waals surface area contributed by atoms with Crippen LogP contribution in [-0.2, 0) is 9.59 Å². The fourth-order valence-corrected chi connectivity index (χ4v) is 1.31. The van der Waals surface area contributed by atoms with Gasteiger partial charge in [-0.2, -0.15) is 0 Å². The summed E-state index contributed by atoms with van der Waals surface area (Å²) in [6, 6.07) is 0. The molecule has 0 saturated heterocycles. The van der Waals surface area contributed by atoms with Crippen molar-refractivity contribution in [3.8, 4) is 0 Å². The minimum atomic E-state index is -0.496. The van der Waals surface area contributed by atoms with E-state index >= 15 is 0 Å². The molecule has 0 radical (unpaired) electrons. The van der Waals surface area contributed by atoms with Crippen molar-refractivity contribution >= 4 is 11.8 Å². The Morgan fingerprint density at radius 2 is 0.929 bits per heavy atom. The van der Waals surface area contributed by atoms with E-state index in [-0.39, 0.29) is 12.8 Å². The average molecular weight is 200 g/mol. The highest BCUT2D eigenvalue weighted by Gasteiger charge is 1.96. The van der Waals surface area contributed by atoms with E-state index in [1.54, 1.807) is 0 Å². The van der Waals surface area contributed by atoms with Crippen LogP contribution in [0.1, 0.15) is 51.4 Å². The Bertz CT molecular complexity index is 151. The molecule has 14 heavy (non-hydrogen) atoms. The van der Waals surface area contributed by atoms with Crippen molar-refractivity contribution < 1.29 is 9.59 Å². The molecular formula is C10H20N2O2. The quantitative estimate of drug-likeness (QED) is 0.714. The Labute approximate surface area is 85.0 Å². The summed E-state index contributed by atoms with van der Waals surface area (Å²) >= 11 is 0. The standard InChI is InChI=1S/C6H12.C4H8N2O2/c1-2-4-6-5-3-1;5-3(7)1-2-4(6)8/h1-6H2;1-2H2,(H2,5,7)(H2,6,8). The Kier molecular flexibility index (Phi) is 7.89. The van der Waals surface area contributed by atoms with Crippen LogP contribution < -0.4 is 11.5 Å². The number of carbonyl (C=O) groups excluding carboxylic acids is 2. The zero-order chi connectivity index (χ0) is 10.8. The normalized spacial score (nSPS) is 15.1. The third-order valence-corrected chi connectivity index (χ3v) is 2.12. The average Bonchev–Trinajstić information content (AvgIpc) is 2.18. The van der Waals surface area contributed by atoms with Gasteiger partial charge in [-0.25, -0.2) is 0 Å². The van der Waals surface area contributed by atoms with E-state index in [2.05, 4.69) is 0 Å². The molecule has 4 heteroatoms. The van der Waals surface area contributed by atoms with Crippen LogP contribution in [-0.4, -0.2) is 11.8 Å². The molecule has 4 nitrogen and oxygen atoms in total. The summed E-state index contributed by atoms with van der Waals surface area (Å²) in [6.07, 6.45) is 9.10. The number of primary amides is 2. The fraction of sp³-hybridized carbons (Fsp3) is 0.800. The number of hydrogen-bond donors (Lipinski definition) is 2. The van der Waals surface area contributed by atoms with E-state index in [9.17, 15) is 9.59 Å². The Balaban J connectivity index is 0.000000249. The summed E-state index contributed by atoms with van der Waals surface area (Å²) in [5, 5.41) is 0. The third-order valence-electron chi connectivity index (χ3n) is 2.12. The van der Waals surface area contributed by atoms with Gasteiger partial charge < -0.3 is 11.5 Å². The third kappa shape index (κ3) is 10.9. The van der Waals surface area contributed by atoms with Crippen LogP contribution in [0, 0.1) is 0 Å². The molecule has 0 aliphatic heterocycles. The molecule has 0 atom stereocenters. The van der Waals surface area contributed by atoms with Crippen LogP contribution in [0.25, 0.3) is 0 Å². The first-order valence-corrected chi connectivity index (χ1v) is 5.19. The maximum Gasteiger partial charge on any atom is 0.217 e. The van der Waals surface area contributed by atoms with Crippen LogP contribution in [0.2, 0.25) is 0 Å². The first-order valence-electron chi connectivity index (χ1n) is 5.19. The number of nitrogens with two attached hydrogens (primary N) is 2. The minimum Gasteiger partial charge on any atom is -0.370 e. The van der Waals surface area contributed by atoms with Crippen LogP contribution in [0.5, 0.6) is 0 Å². The van der Waals surface area contributed by atoms with Gasteiger partial charge in [0.1, 0.15) is 0 Å². The second kappa shape index (κ2) is 8.53. The van der Waals surface area contributed by atoms with Gasteiger partial charge >= 0.3 is 0 Å². The van der Waals surface area contributed by atoms with Crippen LogP contribution in [0.15, 0.2) is 0 Å². The summed E-state index contributed by atoms with van der Waals surface area (Å²) in [6.45, 7) is 0. The van der Waals surface area contributed by atoms with Gasteiger partial charge in [-0.3, -0.25) is 9.59 Å². The largest absolute Gasteiger partial charge is 0.370 e. The van der Waals surface area contributed by atoms with E-state index in [4.69, 9.17) is 11.5 Å². The van der Waals surface area contributed by atoms with Crippen molar-refractivity contribution in [3.63, 3.8) is 0 Å². The molecule has 1 aliphatic rings. The van der Waals surface area contributed by atoms with E-state index < -0.39 is 11.8 Å². The lowest BCUT2D eigenvalue weighted by Crippen LogP contribution is -2.16. The van der Waals surface area contributed by atoms with Crippen molar-refractivity contribution in [1.82, 2.24) is 0 Å². The number of rotatable bonds is 3. The van der Waals surface area contributed by atoms with Crippen molar-refractivity contribution in [3.05, 3.63) is 0 Å². The smallest absolute Gasteiger partial charge is 0.217 e. The highest BCUT2D eigenvalue weighted by atomic mass is 16.2. The van der Waals surface area contributed by atoms with Gasteiger partial charge in [0.25, 0.3) is 0 Å². The van der Waals surface area contributed by atoms with E-state index in [0.717, 1.165) is 0 Å². The highest BCUT2D eigenvalue weighted by Crippen LogP contribution is 2.15. The van der Waals surface area contributed by atoms with Gasteiger partial charge in [0.05, 0.1) is 0 Å². The lowest BCUT2D eigenvalue weighted by molar-refractivity contribution is -0.123. The lowest BCUT2D eigenvalue weighted by Gasteiger charge is -2.05. The maximum atomic E-state index is 9.92. The Morgan fingerprint density at radius 3 is 1.07 bits per heavy atom. The van der Waals surface area contributed by atoms with E-state index in [1.165, 1.54) is 38.5 Å². The molecule has 2 amide bonds.